The topological polar surface area (TPSA) is 22.1 Å². The molecule has 2 heteroatoms. The third kappa shape index (κ3) is 2.16. The summed E-state index contributed by atoms with van der Waals surface area (Å²) in [4.78, 5) is 4.73. The molecule has 98 valence electrons. The van der Waals surface area contributed by atoms with E-state index in [1.165, 1.54) is 0 Å². The Kier molecular flexibility index (Phi) is 3.21. The summed E-state index contributed by atoms with van der Waals surface area (Å²) in [5, 5.41) is 1.08. The Morgan fingerprint density at radius 3 is 2.55 bits per heavy atom. The second-order valence-corrected chi connectivity index (χ2v) is 4.55. The van der Waals surface area contributed by atoms with Crippen molar-refractivity contribution in [3.05, 3.63) is 66.7 Å². The highest BCUT2D eigenvalue weighted by Gasteiger charge is 2.06. The minimum Gasteiger partial charge on any atom is -0.497 e. The molecule has 2 nitrogen and oxygen atoms in total. The van der Waals surface area contributed by atoms with Gasteiger partial charge in [-0.15, -0.1) is 0 Å². The van der Waals surface area contributed by atoms with E-state index in [1.54, 1.807) is 7.11 Å². The van der Waals surface area contributed by atoms with E-state index in [4.69, 9.17) is 9.72 Å². The fourth-order valence-corrected chi connectivity index (χ4v) is 2.29. The van der Waals surface area contributed by atoms with E-state index in [-0.39, 0.29) is 0 Å². The molecule has 0 aliphatic rings. The predicted octanol–water partition coefficient (Wildman–Crippen LogP) is 4.55. The van der Waals surface area contributed by atoms with Crippen LogP contribution in [0.25, 0.3) is 28.2 Å². The van der Waals surface area contributed by atoms with Crippen LogP contribution < -0.4 is 4.74 Å². The standard InChI is InChI=1S/C18H15NO/c1-3-13-11-17(14-7-5-4-6-8-14)19-18-12-15(20-2)9-10-16(13)18/h3-12H,1H2,2H3. The highest BCUT2D eigenvalue weighted by Crippen LogP contribution is 2.27. The van der Waals surface area contributed by atoms with Crippen LogP contribution in [-0.2, 0) is 0 Å². The minimum absolute atomic E-state index is 0.810. The molecule has 0 saturated heterocycles. The lowest BCUT2D eigenvalue weighted by Crippen LogP contribution is -1.90. The van der Waals surface area contributed by atoms with Crippen molar-refractivity contribution in [3.63, 3.8) is 0 Å². The van der Waals surface area contributed by atoms with Crippen LogP contribution in [0, 0.1) is 0 Å². The number of fused-ring (bicyclic) bond motifs is 1. The molecule has 3 aromatic rings. The molecule has 0 N–H and O–H groups in total. The Hall–Kier alpha value is -2.61. The first-order chi connectivity index (χ1) is 9.81. The van der Waals surface area contributed by atoms with Gasteiger partial charge in [-0.25, -0.2) is 4.98 Å². The van der Waals surface area contributed by atoms with E-state index in [9.17, 15) is 0 Å². The lowest BCUT2D eigenvalue weighted by Gasteiger charge is -2.08. The van der Waals surface area contributed by atoms with Crippen molar-refractivity contribution in [2.75, 3.05) is 7.11 Å². The fourth-order valence-electron chi connectivity index (χ4n) is 2.29. The zero-order chi connectivity index (χ0) is 13.9. The molecule has 0 aliphatic heterocycles. The van der Waals surface area contributed by atoms with Gasteiger partial charge in [0, 0.05) is 17.0 Å². The Morgan fingerprint density at radius 2 is 1.85 bits per heavy atom. The van der Waals surface area contributed by atoms with Crippen LogP contribution in [0.5, 0.6) is 5.75 Å². The molecular formula is C18H15NO. The van der Waals surface area contributed by atoms with Gasteiger partial charge in [0.2, 0.25) is 0 Å². The van der Waals surface area contributed by atoms with Gasteiger partial charge in [-0.1, -0.05) is 43.0 Å². The second-order valence-electron chi connectivity index (χ2n) is 4.55. The molecule has 0 aliphatic carbocycles. The van der Waals surface area contributed by atoms with Gasteiger partial charge in [-0.2, -0.15) is 0 Å². The molecular weight excluding hydrogens is 246 g/mol. The third-order valence-corrected chi connectivity index (χ3v) is 3.34. The van der Waals surface area contributed by atoms with E-state index in [2.05, 4.69) is 24.8 Å². The summed E-state index contributed by atoms with van der Waals surface area (Å²) < 4.78 is 5.28. The maximum Gasteiger partial charge on any atom is 0.121 e. The zero-order valence-corrected chi connectivity index (χ0v) is 11.3. The number of benzene rings is 2. The summed E-state index contributed by atoms with van der Waals surface area (Å²) in [5.41, 5.74) is 4.04. The molecule has 1 aromatic heterocycles. The van der Waals surface area contributed by atoms with E-state index in [0.29, 0.717) is 0 Å². The number of hydrogen-bond acceptors (Lipinski definition) is 2. The normalized spacial score (nSPS) is 10.4. The maximum atomic E-state index is 5.28. The quantitative estimate of drug-likeness (QED) is 0.690. The molecule has 3 rings (SSSR count). The summed E-state index contributed by atoms with van der Waals surface area (Å²) in [7, 11) is 1.66. The first kappa shape index (κ1) is 12.4. The third-order valence-electron chi connectivity index (χ3n) is 3.34. The number of nitrogens with zero attached hydrogens (tertiary/aromatic N) is 1. The molecule has 20 heavy (non-hydrogen) atoms. The number of ether oxygens (including phenoxy) is 1. The Bertz CT molecular complexity index is 763. The van der Waals surface area contributed by atoms with Crippen molar-refractivity contribution in [2.45, 2.75) is 0 Å². The van der Waals surface area contributed by atoms with Crippen LogP contribution in [0.3, 0.4) is 0 Å². The molecule has 0 amide bonds. The lowest BCUT2D eigenvalue weighted by molar-refractivity contribution is 0.415. The summed E-state index contributed by atoms with van der Waals surface area (Å²) in [5.74, 6) is 0.810. The predicted molar refractivity (Wildman–Crippen MR) is 83.8 cm³/mol. The largest absolute Gasteiger partial charge is 0.497 e. The van der Waals surface area contributed by atoms with Crippen molar-refractivity contribution in [1.82, 2.24) is 4.98 Å². The Morgan fingerprint density at radius 1 is 1.05 bits per heavy atom. The van der Waals surface area contributed by atoms with Crippen molar-refractivity contribution >= 4 is 17.0 Å². The molecule has 0 fully saturated rings. The molecule has 0 spiro atoms. The SMILES string of the molecule is C=Cc1cc(-c2ccccc2)nc2cc(OC)ccc12. The highest BCUT2D eigenvalue weighted by atomic mass is 16.5. The van der Waals surface area contributed by atoms with Gasteiger partial charge < -0.3 is 4.74 Å². The summed E-state index contributed by atoms with van der Waals surface area (Å²) in [6.45, 7) is 3.90. The van der Waals surface area contributed by atoms with Crippen LogP contribution in [0.15, 0.2) is 61.2 Å². The van der Waals surface area contributed by atoms with Gasteiger partial charge in [-0.3, -0.25) is 0 Å². The summed E-state index contributed by atoms with van der Waals surface area (Å²) >= 11 is 0. The van der Waals surface area contributed by atoms with Gasteiger partial charge in [0.15, 0.2) is 0 Å². The molecule has 2 aromatic carbocycles. The van der Waals surface area contributed by atoms with Gasteiger partial charge in [-0.05, 0) is 23.8 Å². The Labute approximate surface area is 118 Å². The average molecular weight is 261 g/mol. The van der Waals surface area contributed by atoms with Gasteiger partial charge in [0.1, 0.15) is 5.75 Å². The van der Waals surface area contributed by atoms with Crippen molar-refractivity contribution < 1.29 is 4.74 Å². The number of rotatable bonds is 3. The second kappa shape index (κ2) is 5.17. The van der Waals surface area contributed by atoms with Crippen LogP contribution in [0.1, 0.15) is 5.56 Å². The summed E-state index contributed by atoms with van der Waals surface area (Å²) in [6, 6.07) is 18.1. The molecule has 0 unspecified atom stereocenters. The van der Waals surface area contributed by atoms with Crippen LogP contribution in [0.4, 0.5) is 0 Å². The summed E-state index contributed by atoms with van der Waals surface area (Å²) in [6.07, 6.45) is 1.86. The van der Waals surface area contributed by atoms with Crippen molar-refractivity contribution in [2.24, 2.45) is 0 Å². The van der Waals surface area contributed by atoms with Crippen molar-refractivity contribution in [3.8, 4) is 17.0 Å². The maximum absolute atomic E-state index is 5.28. The van der Waals surface area contributed by atoms with Gasteiger partial charge in [0.05, 0.1) is 18.3 Å². The number of methoxy groups -OCH3 is 1. The lowest BCUT2D eigenvalue weighted by atomic mass is 10.0. The van der Waals surface area contributed by atoms with Crippen molar-refractivity contribution in [1.29, 1.82) is 0 Å². The molecule has 0 atom stereocenters. The Balaban J connectivity index is 2.27. The smallest absolute Gasteiger partial charge is 0.121 e. The van der Waals surface area contributed by atoms with E-state index in [1.807, 2.05) is 42.5 Å². The van der Waals surface area contributed by atoms with E-state index >= 15 is 0 Å². The van der Waals surface area contributed by atoms with E-state index < -0.39 is 0 Å². The molecule has 0 radical (unpaired) electrons. The monoisotopic (exact) mass is 261 g/mol. The molecule has 0 bridgehead atoms. The average Bonchev–Trinajstić information content (AvgIpc) is 2.54. The first-order valence-corrected chi connectivity index (χ1v) is 6.48. The highest BCUT2D eigenvalue weighted by molar-refractivity contribution is 5.91. The number of pyridine rings is 1. The number of hydrogen-bond donors (Lipinski definition) is 0. The first-order valence-electron chi connectivity index (χ1n) is 6.48. The van der Waals surface area contributed by atoms with Gasteiger partial charge >= 0.3 is 0 Å². The number of aromatic nitrogens is 1. The van der Waals surface area contributed by atoms with Crippen LogP contribution in [-0.4, -0.2) is 12.1 Å². The minimum atomic E-state index is 0.810. The van der Waals surface area contributed by atoms with E-state index in [0.717, 1.165) is 33.5 Å². The molecule has 1 heterocycles. The van der Waals surface area contributed by atoms with Crippen LogP contribution >= 0.6 is 0 Å². The van der Waals surface area contributed by atoms with Gasteiger partial charge in [0.25, 0.3) is 0 Å². The fraction of sp³-hybridized carbons (Fsp3) is 0.0556. The zero-order valence-electron chi connectivity index (χ0n) is 11.3. The molecule has 0 saturated carbocycles. The van der Waals surface area contributed by atoms with Crippen LogP contribution in [0.2, 0.25) is 0 Å².